The fraction of sp³-hybridized carbons (Fsp3) is 0.429. The molecule has 0 radical (unpaired) electrons. The molecule has 1 aliphatic carbocycles. The Labute approximate surface area is 111 Å². The Hall–Kier alpha value is -1.88. The fourth-order valence-electron chi connectivity index (χ4n) is 2.90. The second kappa shape index (κ2) is 4.66. The van der Waals surface area contributed by atoms with Gasteiger partial charge in [-0.05, 0) is 18.9 Å². The van der Waals surface area contributed by atoms with Crippen LogP contribution in [0.25, 0.3) is 10.9 Å². The lowest BCUT2D eigenvalue weighted by molar-refractivity contribution is -0.124. The Bertz CT molecular complexity index is 598. The quantitative estimate of drug-likeness (QED) is 0.787. The van der Waals surface area contributed by atoms with E-state index >= 15 is 0 Å². The molecular weight excluding hydrogens is 240 g/mol. The number of amides is 1. The second-order valence-corrected chi connectivity index (χ2v) is 5.29. The van der Waals surface area contributed by atoms with Crippen LogP contribution in [0, 0.1) is 5.41 Å². The summed E-state index contributed by atoms with van der Waals surface area (Å²) in [6.45, 7) is 0.414. The van der Waals surface area contributed by atoms with E-state index in [1.807, 2.05) is 18.2 Å². The number of H-pyrrole nitrogens is 1. The number of fused-ring (bicyclic) bond motifs is 1. The number of rotatable bonds is 3. The van der Waals surface area contributed by atoms with Gasteiger partial charge in [0.15, 0.2) is 0 Å². The fourth-order valence-corrected chi connectivity index (χ4v) is 2.90. The van der Waals surface area contributed by atoms with E-state index in [4.69, 9.17) is 5.73 Å². The number of aromatic nitrogens is 2. The summed E-state index contributed by atoms with van der Waals surface area (Å²) in [6, 6.07) is 5.76. The number of benzene rings is 1. The van der Waals surface area contributed by atoms with Gasteiger partial charge in [-0.25, -0.2) is 0 Å². The van der Waals surface area contributed by atoms with Gasteiger partial charge in [0.05, 0.1) is 22.8 Å². The average Bonchev–Trinajstić information content (AvgIpc) is 3.08. The maximum absolute atomic E-state index is 12.5. The minimum atomic E-state index is -0.387. The van der Waals surface area contributed by atoms with Gasteiger partial charge in [-0.2, -0.15) is 5.10 Å². The Balaban J connectivity index is 1.88. The van der Waals surface area contributed by atoms with Crippen molar-refractivity contribution in [1.29, 1.82) is 0 Å². The molecule has 1 heterocycles. The molecule has 0 unspecified atom stereocenters. The third-order valence-corrected chi connectivity index (χ3v) is 4.16. The van der Waals surface area contributed by atoms with Gasteiger partial charge in [0.25, 0.3) is 0 Å². The van der Waals surface area contributed by atoms with Crippen LogP contribution in [0.5, 0.6) is 0 Å². The highest BCUT2D eigenvalue weighted by Gasteiger charge is 2.39. The zero-order chi connectivity index (χ0) is 13.3. The molecule has 0 bridgehead atoms. The maximum atomic E-state index is 12.5. The maximum Gasteiger partial charge on any atom is 0.231 e. The molecule has 4 N–H and O–H groups in total. The Morgan fingerprint density at radius 3 is 2.95 bits per heavy atom. The van der Waals surface area contributed by atoms with Gasteiger partial charge in [-0.1, -0.05) is 25.0 Å². The molecule has 1 amide bonds. The molecule has 5 heteroatoms. The highest BCUT2D eigenvalue weighted by molar-refractivity contribution is 6.02. The molecule has 1 fully saturated rings. The lowest BCUT2D eigenvalue weighted by Crippen LogP contribution is -2.40. The summed E-state index contributed by atoms with van der Waals surface area (Å²) in [5.74, 6) is 0.0367. The van der Waals surface area contributed by atoms with Crippen molar-refractivity contribution in [2.24, 2.45) is 11.1 Å². The van der Waals surface area contributed by atoms with E-state index in [1.54, 1.807) is 6.20 Å². The van der Waals surface area contributed by atoms with Gasteiger partial charge >= 0.3 is 0 Å². The third-order valence-electron chi connectivity index (χ3n) is 4.16. The van der Waals surface area contributed by atoms with Crippen LogP contribution in [0.3, 0.4) is 0 Å². The Kier molecular flexibility index (Phi) is 2.98. The van der Waals surface area contributed by atoms with Gasteiger partial charge in [0.1, 0.15) is 0 Å². The minimum Gasteiger partial charge on any atom is -0.329 e. The highest BCUT2D eigenvalue weighted by Crippen LogP contribution is 2.38. The van der Waals surface area contributed by atoms with Crippen molar-refractivity contribution in [3.8, 4) is 0 Å². The number of anilines is 1. The lowest BCUT2D eigenvalue weighted by Gasteiger charge is -2.25. The Morgan fingerprint density at radius 1 is 1.42 bits per heavy atom. The first-order valence-corrected chi connectivity index (χ1v) is 6.69. The molecule has 1 aliphatic rings. The summed E-state index contributed by atoms with van der Waals surface area (Å²) in [4.78, 5) is 12.5. The van der Waals surface area contributed by atoms with E-state index < -0.39 is 0 Å². The number of para-hydroxylation sites is 1. The second-order valence-electron chi connectivity index (χ2n) is 5.29. The van der Waals surface area contributed by atoms with Crippen molar-refractivity contribution in [2.75, 3.05) is 11.9 Å². The van der Waals surface area contributed by atoms with Gasteiger partial charge in [-0.15, -0.1) is 0 Å². The van der Waals surface area contributed by atoms with Crippen molar-refractivity contribution in [3.63, 3.8) is 0 Å². The normalized spacial score (nSPS) is 17.7. The van der Waals surface area contributed by atoms with Crippen LogP contribution in [-0.2, 0) is 4.79 Å². The van der Waals surface area contributed by atoms with Crippen LogP contribution < -0.4 is 11.1 Å². The van der Waals surface area contributed by atoms with E-state index in [0.29, 0.717) is 6.54 Å². The molecule has 1 aromatic heterocycles. The number of carbonyl (C=O) groups is 1. The van der Waals surface area contributed by atoms with Crippen LogP contribution in [0.4, 0.5) is 5.69 Å². The van der Waals surface area contributed by atoms with Crippen molar-refractivity contribution in [3.05, 3.63) is 24.4 Å². The predicted octanol–water partition coefficient (Wildman–Crippen LogP) is 2.02. The predicted molar refractivity (Wildman–Crippen MR) is 74.7 cm³/mol. The van der Waals surface area contributed by atoms with Crippen LogP contribution >= 0.6 is 0 Å². The summed E-state index contributed by atoms with van der Waals surface area (Å²) in [7, 11) is 0. The first kappa shape index (κ1) is 12.2. The number of carbonyl (C=O) groups excluding carboxylic acids is 1. The van der Waals surface area contributed by atoms with Crippen LogP contribution in [0.15, 0.2) is 24.4 Å². The number of nitrogens with zero attached hydrogens (tertiary/aromatic N) is 1. The monoisotopic (exact) mass is 258 g/mol. The van der Waals surface area contributed by atoms with Crippen molar-refractivity contribution in [2.45, 2.75) is 25.7 Å². The molecule has 1 saturated carbocycles. The van der Waals surface area contributed by atoms with E-state index in [9.17, 15) is 4.79 Å². The van der Waals surface area contributed by atoms with E-state index in [0.717, 1.165) is 42.3 Å². The van der Waals surface area contributed by atoms with Crippen LogP contribution in [-0.4, -0.2) is 22.6 Å². The summed E-state index contributed by atoms with van der Waals surface area (Å²) in [5.41, 5.74) is 7.09. The molecule has 5 nitrogen and oxygen atoms in total. The summed E-state index contributed by atoms with van der Waals surface area (Å²) in [5, 5.41) is 10.9. The lowest BCUT2D eigenvalue weighted by atomic mass is 9.85. The van der Waals surface area contributed by atoms with Crippen LogP contribution in [0.1, 0.15) is 25.7 Å². The molecule has 0 saturated heterocycles. The third kappa shape index (κ3) is 2.00. The number of hydrogen-bond donors (Lipinski definition) is 3. The zero-order valence-electron chi connectivity index (χ0n) is 10.8. The molecule has 1 aromatic carbocycles. The molecule has 100 valence electrons. The summed E-state index contributed by atoms with van der Waals surface area (Å²) in [6.07, 6.45) is 5.68. The minimum absolute atomic E-state index is 0.0367. The first-order valence-electron chi connectivity index (χ1n) is 6.69. The first-order chi connectivity index (χ1) is 9.25. The van der Waals surface area contributed by atoms with Gasteiger partial charge in [0, 0.05) is 11.9 Å². The zero-order valence-corrected chi connectivity index (χ0v) is 10.8. The SMILES string of the molecule is NCC1(C(=O)Nc2cccc3cn[nH]c23)CCCC1. The number of nitrogens with one attached hydrogen (secondary N) is 2. The largest absolute Gasteiger partial charge is 0.329 e. The van der Waals surface area contributed by atoms with Crippen LogP contribution in [0.2, 0.25) is 0 Å². The number of aromatic amines is 1. The van der Waals surface area contributed by atoms with Gasteiger partial charge in [0.2, 0.25) is 5.91 Å². The van der Waals surface area contributed by atoms with Gasteiger partial charge < -0.3 is 11.1 Å². The van der Waals surface area contributed by atoms with Crippen molar-refractivity contribution >= 4 is 22.5 Å². The van der Waals surface area contributed by atoms with E-state index in [2.05, 4.69) is 15.5 Å². The molecule has 2 aromatic rings. The van der Waals surface area contributed by atoms with Crippen molar-refractivity contribution < 1.29 is 4.79 Å². The topological polar surface area (TPSA) is 83.8 Å². The molecule has 3 rings (SSSR count). The molecule has 0 atom stereocenters. The molecule has 0 aliphatic heterocycles. The van der Waals surface area contributed by atoms with Gasteiger partial charge in [-0.3, -0.25) is 9.89 Å². The standard InChI is InChI=1S/C14H18N4O/c15-9-14(6-1-2-7-14)13(19)17-11-5-3-4-10-8-16-18-12(10)11/h3-5,8H,1-2,6-7,9,15H2,(H,16,18)(H,17,19). The molecule has 0 spiro atoms. The average molecular weight is 258 g/mol. The summed E-state index contributed by atoms with van der Waals surface area (Å²) < 4.78 is 0. The number of nitrogens with two attached hydrogens (primary N) is 1. The smallest absolute Gasteiger partial charge is 0.231 e. The highest BCUT2D eigenvalue weighted by atomic mass is 16.2. The Morgan fingerprint density at radius 2 is 2.21 bits per heavy atom. The molecule has 19 heavy (non-hydrogen) atoms. The van der Waals surface area contributed by atoms with E-state index in [-0.39, 0.29) is 11.3 Å². The molecular formula is C14H18N4O. The number of hydrogen-bond acceptors (Lipinski definition) is 3. The summed E-state index contributed by atoms with van der Waals surface area (Å²) >= 11 is 0. The van der Waals surface area contributed by atoms with E-state index in [1.165, 1.54) is 0 Å². The van der Waals surface area contributed by atoms with Crippen molar-refractivity contribution in [1.82, 2.24) is 10.2 Å².